The Balaban J connectivity index is 1.52. The average molecular weight is 589 g/mol. The van der Waals surface area contributed by atoms with Crippen LogP contribution in [0.4, 0.5) is 11.6 Å². The number of fused-ring (bicyclic) bond motifs is 1. The first kappa shape index (κ1) is 30.5. The van der Waals surface area contributed by atoms with Crippen LogP contribution in [0.3, 0.4) is 0 Å². The number of anilines is 1. The van der Waals surface area contributed by atoms with E-state index in [2.05, 4.69) is 20.3 Å². The Bertz CT molecular complexity index is 1400. The molecule has 0 bridgehead atoms. The number of carbonyl (C=O) groups excluding carboxylic acids is 2. The maximum absolute atomic E-state index is 11.5. The molecule has 4 rings (SSSR count). The number of rotatable bonds is 14. The third-order valence-corrected chi connectivity index (χ3v) is 6.42. The van der Waals surface area contributed by atoms with E-state index < -0.39 is 41.4 Å². The molecule has 0 spiro atoms. The number of imidazole rings is 1. The van der Waals surface area contributed by atoms with E-state index in [0.29, 0.717) is 17.6 Å². The summed E-state index contributed by atoms with van der Waals surface area (Å²) in [5.74, 6) is -0.685. The molecule has 0 saturated carbocycles. The van der Waals surface area contributed by atoms with Crippen molar-refractivity contribution in [1.82, 2.24) is 19.5 Å². The highest BCUT2D eigenvalue weighted by atomic mass is 16.6. The van der Waals surface area contributed by atoms with E-state index in [9.17, 15) is 29.9 Å². The Morgan fingerprint density at radius 1 is 1.24 bits per heavy atom. The molecule has 1 fully saturated rings. The number of carbonyl (C=O) groups is 2. The molecule has 4 atom stereocenters. The fourth-order valence-electron chi connectivity index (χ4n) is 4.35. The second-order valence-electron chi connectivity index (χ2n) is 9.56. The van der Waals surface area contributed by atoms with Gasteiger partial charge in [0.25, 0.3) is 5.69 Å². The van der Waals surface area contributed by atoms with Gasteiger partial charge in [-0.3, -0.25) is 24.3 Å². The minimum absolute atomic E-state index is 0.00933. The van der Waals surface area contributed by atoms with Crippen molar-refractivity contribution in [2.75, 3.05) is 31.7 Å². The largest absolute Gasteiger partial charge is 0.476 e. The smallest absolute Gasteiger partial charge is 0.303 e. The van der Waals surface area contributed by atoms with Gasteiger partial charge in [0.05, 0.1) is 30.6 Å². The van der Waals surface area contributed by atoms with Crippen LogP contribution in [0.2, 0.25) is 0 Å². The Morgan fingerprint density at radius 3 is 2.64 bits per heavy atom. The quantitative estimate of drug-likeness (QED) is 0.138. The van der Waals surface area contributed by atoms with Gasteiger partial charge in [0.1, 0.15) is 25.0 Å². The molecular weight excluding hydrogens is 556 g/mol. The zero-order chi connectivity index (χ0) is 30.2. The minimum atomic E-state index is -0.871. The third-order valence-electron chi connectivity index (χ3n) is 6.42. The van der Waals surface area contributed by atoms with Crippen molar-refractivity contribution in [3.05, 3.63) is 46.3 Å². The van der Waals surface area contributed by atoms with E-state index in [1.54, 1.807) is 16.7 Å². The van der Waals surface area contributed by atoms with Crippen LogP contribution in [0.5, 0.6) is 5.88 Å². The Labute approximate surface area is 239 Å². The number of esters is 2. The maximum Gasteiger partial charge on any atom is 0.303 e. The van der Waals surface area contributed by atoms with Gasteiger partial charge in [-0.2, -0.15) is 9.97 Å². The maximum atomic E-state index is 11.5. The molecule has 42 heavy (non-hydrogen) atoms. The number of ether oxygens (including phenoxy) is 4. The summed E-state index contributed by atoms with van der Waals surface area (Å²) in [7, 11) is 0. The Hall–Kier alpha value is -4.41. The number of nitrogens with zero attached hydrogens (tertiary/aromatic N) is 5. The molecule has 3 heterocycles. The molecule has 16 nitrogen and oxygen atoms in total. The number of nitrogens with one attached hydrogen (secondary N) is 1. The molecule has 2 aromatic heterocycles. The summed E-state index contributed by atoms with van der Waals surface area (Å²) in [6, 6.07) is 6.13. The summed E-state index contributed by atoms with van der Waals surface area (Å²) in [5.41, 5.74) is 1.50. The number of hydrogen-bond donors (Lipinski definition) is 3. The molecule has 0 amide bonds. The van der Waals surface area contributed by atoms with Crippen LogP contribution in [0.25, 0.3) is 11.2 Å². The SMILES string of the molecule is CC(=O)OCC(CCNc1nc(OCCc2ccc([N+](=O)[O-])cc2)c2ncn([C@H]3C[C@H](O)[C@@H](CO)O3)c2n1)OC(C)=O. The topological polar surface area (TPSA) is 210 Å². The van der Waals surface area contributed by atoms with E-state index in [-0.39, 0.29) is 56.7 Å². The van der Waals surface area contributed by atoms with Gasteiger partial charge in [0.15, 0.2) is 11.2 Å². The van der Waals surface area contributed by atoms with Crippen LogP contribution in [0.1, 0.15) is 38.5 Å². The van der Waals surface area contributed by atoms with Crippen molar-refractivity contribution >= 4 is 34.7 Å². The number of benzene rings is 1. The van der Waals surface area contributed by atoms with E-state index in [1.165, 1.54) is 32.3 Å². The molecule has 16 heteroatoms. The van der Waals surface area contributed by atoms with Gasteiger partial charge in [-0.1, -0.05) is 12.1 Å². The van der Waals surface area contributed by atoms with Crippen LogP contribution in [-0.2, 0) is 30.2 Å². The molecule has 226 valence electrons. The van der Waals surface area contributed by atoms with Gasteiger partial charge < -0.3 is 34.5 Å². The fourth-order valence-corrected chi connectivity index (χ4v) is 4.35. The van der Waals surface area contributed by atoms with Crippen LogP contribution < -0.4 is 10.1 Å². The van der Waals surface area contributed by atoms with Crippen LogP contribution in [-0.4, -0.2) is 91.3 Å². The lowest BCUT2D eigenvalue weighted by atomic mass is 10.1. The van der Waals surface area contributed by atoms with Gasteiger partial charge in [0, 0.05) is 51.8 Å². The summed E-state index contributed by atoms with van der Waals surface area (Å²) in [6.07, 6.45) is -0.545. The van der Waals surface area contributed by atoms with Crippen molar-refractivity contribution in [3.63, 3.8) is 0 Å². The Morgan fingerprint density at radius 2 is 2.00 bits per heavy atom. The lowest BCUT2D eigenvalue weighted by molar-refractivity contribution is -0.384. The monoisotopic (exact) mass is 588 g/mol. The summed E-state index contributed by atoms with van der Waals surface area (Å²) in [4.78, 5) is 46.5. The van der Waals surface area contributed by atoms with Crippen LogP contribution in [0.15, 0.2) is 30.6 Å². The zero-order valence-corrected chi connectivity index (χ0v) is 23.0. The van der Waals surface area contributed by atoms with Gasteiger partial charge in [-0.05, 0) is 5.56 Å². The third kappa shape index (κ3) is 7.86. The number of nitro groups is 1. The number of aliphatic hydroxyl groups is 2. The predicted molar refractivity (Wildman–Crippen MR) is 145 cm³/mol. The first-order valence-corrected chi connectivity index (χ1v) is 13.2. The summed E-state index contributed by atoms with van der Waals surface area (Å²) in [6.45, 7) is 2.49. The molecule has 1 aromatic carbocycles. The molecule has 3 aromatic rings. The number of non-ortho nitro benzene ring substituents is 1. The lowest BCUT2D eigenvalue weighted by Crippen LogP contribution is -2.26. The molecule has 1 saturated heterocycles. The standard InChI is InChI=1S/C26H32N6O10/c1-15(34)40-13-19(41-16(2)35)7-9-27-26-29-24-23(28-14-31(24)22-11-20(36)21(12-33)42-22)25(30-26)39-10-8-17-3-5-18(6-4-17)32(37)38/h3-6,14,19-22,33,36H,7-13H2,1-2H3,(H,27,29,30)/t19?,20-,21+,22+/m0/s1. The molecule has 0 radical (unpaired) electrons. The predicted octanol–water partition coefficient (Wildman–Crippen LogP) is 1.29. The Kier molecular flexibility index (Phi) is 10.2. The van der Waals surface area contributed by atoms with Crippen LogP contribution in [0, 0.1) is 10.1 Å². The van der Waals surface area contributed by atoms with Crippen molar-refractivity contribution in [1.29, 1.82) is 0 Å². The first-order valence-electron chi connectivity index (χ1n) is 13.2. The number of aliphatic hydroxyl groups excluding tert-OH is 2. The molecular formula is C26H32N6O10. The van der Waals surface area contributed by atoms with Crippen LogP contribution >= 0.6 is 0 Å². The first-order chi connectivity index (χ1) is 20.1. The number of nitro benzene ring substituents is 1. The van der Waals surface area contributed by atoms with E-state index in [1.807, 2.05) is 0 Å². The van der Waals surface area contributed by atoms with Gasteiger partial charge in [0.2, 0.25) is 11.8 Å². The zero-order valence-electron chi connectivity index (χ0n) is 23.0. The second-order valence-corrected chi connectivity index (χ2v) is 9.56. The van der Waals surface area contributed by atoms with Gasteiger partial charge in [-0.15, -0.1) is 0 Å². The van der Waals surface area contributed by atoms with Gasteiger partial charge in [-0.25, -0.2) is 4.98 Å². The molecule has 1 aliphatic heterocycles. The van der Waals surface area contributed by atoms with Crippen molar-refractivity contribution < 1.29 is 43.7 Å². The number of aromatic nitrogens is 4. The molecule has 1 unspecified atom stereocenters. The molecule has 1 aliphatic rings. The van der Waals surface area contributed by atoms with Crippen molar-refractivity contribution in [2.45, 2.75) is 57.6 Å². The van der Waals surface area contributed by atoms with Crippen molar-refractivity contribution in [2.24, 2.45) is 0 Å². The minimum Gasteiger partial charge on any atom is -0.476 e. The second kappa shape index (κ2) is 14.0. The summed E-state index contributed by atoms with van der Waals surface area (Å²) in [5, 5.41) is 33.7. The highest BCUT2D eigenvalue weighted by molar-refractivity contribution is 5.78. The van der Waals surface area contributed by atoms with E-state index in [0.717, 1.165) is 5.56 Å². The van der Waals surface area contributed by atoms with E-state index in [4.69, 9.17) is 18.9 Å². The lowest BCUT2D eigenvalue weighted by Gasteiger charge is -2.17. The van der Waals surface area contributed by atoms with E-state index >= 15 is 0 Å². The fraction of sp³-hybridized carbons (Fsp3) is 0.500. The highest BCUT2D eigenvalue weighted by Crippen LogP contribution is 2.33. The molecule has 3 N–H and O–H groups in total. The highest BCUT2D eigenvalue weighted by Gasteiger charge is 2.35. The summed E-state index contributed by atoms with van der Waals surface area (Å²) < 4.78 is 23.6. The number of hydrogen-bond acceptors (Lipinski definition) is 14. The normalized spacial score (nSPS) is 18.9. The molecule has 0 aliphatic carbocycles. The average Bonchev–Trinajstić information content (AvgIpc) is 3.54. The summed E-state index contributed by atoms with van der Waals surface area (Å²) >= 11 is 0. The van der Waals surface area contributed by atoms with Gasteiger partial charge >= 0.3 is 11.9 Å². The van der Waals surface area contributed by atoms with Crippen molar-refractivity contribution in [3.8, 4) is 5.88 Å².